The molecule has 1 amide bonds. The molecule has 0 aliphatic rings. The predicted octanol–water partition coefficient (Wildman–Crippen LogP) is 6.65. The van der Waals surface area contributed by atoms with Crippen LogP contribution in [-0.4, -0.2) is 23.9 Å². The Kier molecular flexibility index (Phi) is 13.0. The third kappa shape index (κ3) is 10.3. The lowest BCUT2D eigenvalue weighted by Crippen LogP contribution is -2.33. The molecule has 25 heavy (non-hydrogen) atoms. The molecule has 0 spiro atoms. The normalized spacial score (nSPS) is 10.8. The topological polar surface area (TPSA) is 20.3 Å². The van der Waals surface area contributed by atoms with E-state index in [0.29, 0.717) is 0 Å². The van der Waals surface area contributed by atoms with Gasteiger partial charge in [-0.3, -0.25) is 4.79 Å². The fourth-order valence-corrected chi connectivity index (χ4v) is 3.19. The van der Waals surface area contributed by atoms with Gasteiger partial charge in [0.25, 0.3) is 5.91 Å². The van der Waals surface area contributed by atoms with Crippen LogP contribution in [0.5, 0.6) is 0 Å². The fraction of sp³-hybridized carbons (Fsp3) is 0.696. The third-order valence-electron chi connectivity index (χ3n) is 4.82. The summed E-state index contributed by atoms with van der Waals surface area (Å²) in [6.07, 6.45) is 15.2. The zero-order valence-electron chi connectivity index (χ0n) is 16.6. The Morgan fingerprint density at radius 2 is 1.20 bits per heavy atom. The van der Waals surface area contributed by atoms with Crippen molar-refractivity contribution in [1.29, 1.82) is 0 Å². The summed E-state index contributed by atoms with van der Waals surface area (Å²) < 4.78 is 0. The van der Waals surface area contributed by atoms with Gasteiger partial charge in [0.1, 0.15) is 0 Å². The van der Waals surface area contributed by atoms with E-state index in [1.165, 1.54) is 64.2 Å². The molecule has 0 unspecified atom stereocenters. The number of hydrogen-bond acceptors (Lipinski definition) is 1. The van der Waals surface area contributed by atoms with Crippen molar-refractivity contribution in [3.05, 3.63) is 35.9 Å². The largest absolute Gasteiger partial charge is 0.339 e. The van der Waals surface area contributed by atoms with E-state index in [9.17, 15) is 4.79 Å². The molecule has 1 rings (SSSR count). The highest BCUT2D eigenvalue weighted by Crippen LogP contribution is 2.12. The first-order valence-corrected chi connectivity index (χ1v) is 10.5. The predicted molar refractivity (Wildman–Crippen MR) is 108 cm³/mol. The number of hydrogen-bond donors (Lipinski definition) is 0. The maximum absolute atomic E-state index is 12.8. The van der Waals surface area contributed by atoms with Crippen molar-refractivity contribution >= 4 is 5.91 Å². The Labute approximate surface area is 156 Å². The molecule has 0 aliphatic carbocycles. The zero-order chi connectivity index (χ0) is 18.2. The van der Waals surface area contributed by atoms with Crippen LogP contribution in [0.25, 0.3) is 0 Å². The van der Waals surface area contributed by atoms with Crippen molar-refractivity contribution in [1.82, 2.24) is 4.90 Å². The van der Waals surface area contributed by atoms with Crippen molar-refractivity contribution < 1.29 is 4.79 Å². The average molecular weight is 345 g/mol. The maximum atomic E-state index is 12.8. The molecular weight excluding hydrogens is 306 g/mol. The van der Waals surface area contributed by atoms with Gasteiger partial charge in [0.15, 0.2) is 0 Å². The van der Waals surface area contributed by atoms with Crippen LogP contribution in [0, 0.1) is 6.07 Å². The zero-order valence-corrected chi connectivity index (χ0v) is 16.6. The van der Waals surface area contributed by atoms with Gasteiger partial charge >= 0.3 is 0 Å². The Hall–Kier alpha value is -1.31. The molecule has 0 saturated carbocycles. The molecule has 0 heterocycles. The van der Waals surface area contributed by atoms with Crippen LogP contribution in [0.15, 0.2) is 24.3 Å². The standard InChI is InChI=1S/C23H38NO/c1-3-5-7-9-11-16-20-24(21-17-12-10-8-6-4-2)23(25)22-18-14-13-15-19-22/h14-15,18-19H,3-12,16-17,20-21H2,1-2H3. The lowest BCUT2D eigenvalue weighted by Gasteiger charge is -2.23. The molecule has 0 fully saturated rings. The van der Waals surface area contributed by atoms with E-state index in [-0.39, 0.29) is 5.91 Å². The van der Waals surface area contributed by atoms with Crippen molar-refractivity contribution in [2.75, 3.05) is 13.1 Å². The van der Waals surface area contributed by atoms with Crippen LogP contribution < -0.4 is 0 Å². The lowest BCUT2D eigenvalue weighted by molar-refractivity contribution is 0.0749. The highest BCUT2D eigenvalue weighted by molar-refractivity contribution is 5.94. The second-order valence-corrected chi connectivity index (χ2v) is 7.12. The fourth-order valence-electron chi connectivity index (χ4n) is 3.19. The van der Waals surface area contributed by atoms with E-state index < -0.39 is 0 Å². The van der Waals surface area contributed by atoms with Gasteiger partial charge in [-0.05, 0) is 31.0 Å². The first-order chi connectivity index (χ1) is 12.3. The molecule has 1 aromatic carbocycles. The van der Waals surface area contributed by atoms with Crippen LogP contribution in [0.3, 0.4) is 0 Å². The van der Waals surface area contributed by atoms with Crippen molar-refractivity contribution in [3.8, 4) is 0 Å². The molecule has 0 aromatic heterocycles. The van der Waals surface area contributed by atoms with Crippen LogP contribution in [0.4, 0.5) is 0 Å². The molecule has 0 aliphatic heterocycles. The second-order valence-electron chi connectivity index (χ2n) is 7.12. The molecule has 2 heteroatoms. The summed E-state index contributed by atoms with van der Waals surface area (Å²) in [4.78, 5) is 14.9. The number of amides is 1. The minimum Gasteiger partial charge on any atom is -0.339 e. The van der Waals surface area contributed by atoms with Crippen LogP contribution in [0.2, 0.25) is 0 Å². The van der Waals surface area contributed by atoms with Gasteiger partial charge in [-0.25, -0.2) is 0 Å². The molecule has 1 radical (unpaired) electrons. The van der Waals surface area contributed by atoms with Crippen LogP contribution in [-0.2, 0) is 0 Å². The summed E-state index contributed by atoms with van der Waals surface area (Å²) in [5, 5.41) is 0. The number of carbonyl (C=O) groups excluding carboxylic acids is 1. The van der Waals surface area contributed by atoms with Gasteiger partial charge < -0.3 is 4.90 Å². The van der Waals surface area contributed by atoms with E-state index in [4.69, 9.17) is 0 Å². The quantitative estimate of drug-likeness (QED) is 0.326. The van der Waals surface area contributed by atoms with Crippen molar-refractivity contribution in [2.24, 2.45) is 0 Å². The summed E-state index contributed by atoms with van der Waals surface area (Å²) >= 11 is 0. The monoisotopic (exact) mass is 344 g/mol. The van der Waals surface area contributed by atoms with Crippen molar-refractivity contribution in [2.45, 2.75) is 90.9 Å². The van der Waals surface area contributed by atoms with Crippen LogP contribution >= 0.6 is 0 Å². The first kappa shape index (κ1) is 21.7. The van der Waals surface area contributed by atoms with E-state index in [1.54, 1.807) is 0 Å². The molecule has 2 nitrogen and oxygen atoms in total. The Bertz CT molecular complexity index is 413. The van der Waals surface area contributed by atoms with E-state index in [2.05, 4.69) is 24.8 Å². The maximum Gasteiger partial charge on any atom is 0.253 e. The highest BCUT2D eigenvalue weighted by atomic mass is 16.2. The van der Waals surface area contributed by atoms with Crippen LogP contribution in [0.1, 0.15) is 101 Å². The highest BCUT2D eigenvalue weighted by Gasteiger charge is 2.14. The summed E-state index contributed by atoms with van der Waals surface area (Å²) in [5.41, 5.74) is 0.802. The molecule has 0 atom stereocenters. The minimum atomic E-state index is 0.191. The summed E-state index contributed by atoms with van der Waals surface area (Å²) in [5.74, 6) is 0.191. The molecule has 0 saturated heterocycles. The Morgan fingerprint density at radius 1 is 0.760 bits per heavy atom. The van der Waals surface area contributed by atoms with Gasteiger partial charge in [0.05, 0.1) is 0 Å². The van der Waals surface area contributed by atoms with Gasteiger partial charge in [0.2, 0.25) is 0 Å². The lowest BCUT2D eigenvalue weighted by atomic mass is 10.1. The number of nitrogens with zero attached hydrogens (tertiary/aromatic N) is 1. The van der Waals surface area contributed by atoms with Gasteiger partial charge in [-0.2, -0.15) is 0 Å². The van der Waals surface area contributed by atoms with E-state index >= 15 is 0 Å². The van der Waals surface area contributed by atoms with Gasteiger partial charge in [-0.1, -0.05) is 90.2 Å². The third-order valence-corrected chi connectivity index (χ3v) is 4.82. The molecule has 0 bridgehead atoms. The number of rotatable bonds is 15. The van der Waals surface area contributed by atoms with Crippen molar-refractivity contribution in [3.63, 3.8) is 0 Å². The SMILES string of the molecule is CCCCCCCCN(CCCCCCCC)C(=O)c1cc[c]cc1. The first-order valence-electron chi connectivity index (χ1n) is 10.5. The van der Waals surface area contributed by atoms with E-state index in [0.717, 1.165) is 31.5 Å². The molecule has 1 aromatic rings. The van der Waals surface area contributed by atoms with E-state index in [1.807, 2.05) is 24.3 Å². The van der Waals surface area contributed by atoms with Gasteiger partial charge in [0, 0.05) is 18.7 Å². The Morgan fingerprint density at radius 3 is 1.68 bits per heavy atom. The number of unbranched alkanes of at least 4 members (excludes halogenated alkanes) is 10. The molecule has 141 valence electrons. The summed E-state index contributed by atoms with van der Waals surface area (Å²) in [7, 11) is 0. The Balaban J connectivity index is 2.39. The second kappa shape index (κ2) is 15.0. The molecule has 0 N–H and O–H groups in total. The molecular formula is C23H38NO. The smallest absolute Gasteiger partial charge is 0.253 e. The number of carbonyl (C=O) groups is 1. The summed E-state index contributed by atoms with van der Waals surface area (Å²) in [6.45, 7) is 6.30. The minimum absolute atomic E-state index is 0.191. The van der Waals surface area contributed by atoms with Gasteiger partial charge in [-0.15, -0.1) is 0 Å². The number of benzene rings is 1. The summed E-state index contributed by atoms with van der Waals surface area (Å²) in [6, 6.07) is 10.4. The average Bonchev–Trinajstić information content (AvgIpc) is 2.65.